The van der Waals surface area contributed by atoms with Crippen molar-refractivity contribution in [3.63, 3.8) is 0 Å². The van der Waals surface area contributed by atoms with Crippen molar-refractivity contribution in [2.45, 2.75) is 105 Å². The topological polar surface area (TPSA) is 77.1 Å². The summed E-state index contributed by atoms with van der Waals surface area (Å²) in [6.45, 7) is 13.0. The molecule has 8 nitrogen and oxygen atoms in total. The fraction of sp³-hybridized carbons (Fsp3) is 0.190. The summed E-state index contributed by atoms with van der Waals surface area (Å²) in [5, 5.41) is 10.0. The molecule has 2 N–H and O–H groups in total. The average molecular weight is 1200 g/mol. The highest BCUT2D eigenvalue weighted by atomic mass is 15.0. The number of hydrogen-bond acceptors (Lipinski definition) is 2. The Hall–Kier alpha value is -10.4. The fourth-order valence-corrected chi connectivity index (χ4v) is 15.5. The number of aromatic amines is 2. The first-order valence-corrected chi connectivity index (χ1v) is 33.7. The van der Waals surface area contributed by atoms with E-state index in [2.05, 4.69) is 274 Å². The summed E-state index contributed by atoms with van der Waals surface area (Å²) in [6.07, 6.45) is 17.9. The number of H-pyrrole nitrogens is 2. The number of aromatic nitrogens is 8. The van der Waals surface area contributed by atoms with Crippen LogP contribution in [0.1, 0.15) is 102 Å². The highest BCUT2D eigenvalue weighted by molar-refractivity contribution is 6.15. The fourth-order valence-electron chi connectivity index (χ4n) is 15.5. The van der Waals surface area contributed by atoms with Crippen molar-refractivity contribution < 1.29 is 0 Å². The minimum absolute atomic E-state index is 0.895. The van der Waals surface area contributed by atoms with Crippen LogP contribution in [-0.2, 0) is 26.2 Å². The third-order valence-corrected chi connectivity index (χ3v) is 19.9. The van der Waals surface area contributed by atoms with Crippen LogP contribution < -0.4 is 0 Å². The van der Waals surface area contributed by atoms with Crippen LogP contribution in [0.4, 0.5) is 0 Å². The van der Waals surface area contributed by atoms with Gasteiger partial charge in [0.2, 0.25) is 0 Å². The number of unbranched alkanes of at least 4 members (excludes halogenated alkanes) is 4. The molecule has 15 aromatic rings. The number of benzene rings is 8. The minimum Gasteiger partial charge on any atom is -0.354 e. The van der Waals surface area contributed by atoms with E-state index >= 15 is 0 Å². The Bertz CT molecular complexity index is 5030. The van der Waals surface area contributed by atoms with Crippen LogP contribution in [0.15, 0.2) is 194 Å². The molecular formula is C84H74N8. The van der Waals surface area contributed by atoms with E-state index in [1.54, 1.807) is 0 Å². The number of rotatable bonds is 16. The number of para-hydroxylation sites is 4. The lowest BCUT2D eigenvalue weighted by atomic mass is 10.0. The number of nitrogens with zero attached hydrogens (tertiary/aromatic N) is 6. The van der Waals surface area contributed by atoms with E-state index in [9.17, 15) is 0 Å². The van der Waals surface area contributed by atoms with Crippen molar-refractivity contribution in [1.82, 2.24) is 38.2 Å². The summed E-state index contributed by atoms with van der Waals surface area (Å²) in [5.74, 6) is 0. The zero-order valence-electron chi connectivity index (χ0n) is 53.0. The van der Waals surface area contributed by atoms with E-state index in [1.165, 1.54) is 87.2 Å². The van der Waals surface area contributed by atoms with Crippen LogP contribution in [0.5, 0.6) is 0 Å². The molecule has 0 saturated heterocycles. The molecule has 450 valence electrons. The molecule has 8 bridgehead atoms. The van der Waals surface area contributed by atoms with Gasteiger partial charge in [-0.1, -0.05) is 150 Å². The predicted octanol–water partition coefficient (Wildman–Crippen LogP) is 23.0. The SMILES string of the molecule is CCCCn1c2ccccc2c2cc(-c3c4nc(c(-c5ccc6c(c5)c5ccccc5n6CCCC)c5ccc([nH]5)c(-c5ccc6c(c5)c5ccccc5n6CCCC)c5nc(c(-c6ccc7c(c6)c6ccccc6n7CCCC)c6ccc3[nH]6)C=C5)C=C4)ccc21. The third kappa shape index (κ3) is 9.00. The van der Waals surface area contributed by atoms with E-state index in [0.29, 0.717) is 0 Å². The normalized spacial score (nSPS) is 12.6. The summed E-state index contributed by atoms with van der Waals surface area (Å²) in [5.41, 5.74) is 26.1. The molecule has 8 heteroatoms. The number of hydrogen-bond donors (Lipinski definition) is 2. The van der Waals surface area contributed by atoms with E-state index in [-0.39, 0.29) is 0 Å². The summed E-state index contributed by atoms with van der Waals surface area (Å²) in [7, 11) is 0. The maximum Gasteiger partial charge on any atom is 0.0737 e. The van der Waals surface area contributed by atoms with Gasteiger partial charge in [-0.05, 0) is 169 Å². The highest BCUT2D eigenvalue weighted by Crippen LogP contribution is 2.44. The van der Waals surface area contributed by atoms with Crippen LogP contribution in [-0.4, -0.2) is 38.2 Å². The maximum atomic E-state index is 5.88. The van der Waals surface area contributed by atoms with Gasteiger partial charge in [0.05, 0.1) is 22.8 Å². The molecule has 0 radical (unpaired) electrons. The Morgan fingerprint density at radius 2 is 0.489 bits per heavy atom. The zero-order chi connectivity index (χ0) is 61.6. The van der Waals surface area contributed by atoms with Gasteiger partial charge >= 0.3 is 0 Å². The van der Waals surface area contributed by atoms with Crippen molar-refractivity contribution in [3.05, 3.63) is 217 Å². The van der Waals surface area contributed by atoms with Gasteiger partial charge in [-0.15, -0.1) is 0 Å². The van der Waals surface area contributed by atoms with Gasteiger partial charge in [0.15, 0.2) is 0 Å². The largest absolute Gasteiger partial charge is 0.354 e. The van der Waals surface area contributed by atoms with Gasteiger partial charge in [-0.2, -0.15) is 0 Å². The maximum absolute atomic E-state index is 5.88. The Labute approximate surface area is 535 Å². The smallest absolute Gasteiger partial charge is 0.0737 e. The molecule has 0 spiro atoms. The van der Waals surface area contributed by atoms with Gasteiger partial charge in [0.1, 0.15) is 0 Å². The quantitative estimate of drug-likeness (QED) is 0.101. The second-order valence-corrected chi connectivity index (χ2v) is 25.5. The molecule has 0 atom stereocenters. The monoisotopic (exact) mass is 1190 g/mol. The molecule has 0 unspecified atom stereocenters. The second-order valence-electron chi connectivity index (χ2n) is 25.5. The highest BCUT2D eigenvalue weighted by Gasteiger charge is 2.24. The number of fused-ring (bicyclic) bond motifs is 20. The summed E-state index contributed by atoms with van der Waals surface area (Å²) in [6, 6.07) is 73.2. The van der Waals surface area contributed by atoms with Crippen molar-refractivity contribution in [2.24, 2.45) is 0 Å². The minimum atomic E-state index is 0.895. The lowest BCUT2D eigenvalue weighted by Crippen LogP contribution is -1.97. The van der Waals surface area contributed by atoms with E-state index in [1.807, 2.05) is 0 Å². The van der Waals surface area contributed by atoms with Crippen molar-refractivity contribution in [3.8, 4) is 44.5 Å². The Morgan fingerprint density at radius 1 is 0.261 bits per heavy atom. The van der Waals surface area contributed by atoms with Crippen molar-refractivity contribution in [2.75, 3.05) is 0 Å². The van der Waals surface area contributed by atoms with Crippen LogP contribution >= 0.6 is 0 Å². The van der Waals surface area contributed by atoms with Gasteiger partial charge in [0, 0.05) is 158 Å². The lowest BCUT2D eigenvalue weighted by Gasteiger charge is -2.10. The van der Waals surface area contributed by atoms with Crippen LogP contribution in [0.25, 0.3) is 178 Å². The van der Waals surface area contributed by atoms with Gasteiger partial charge in [-0.25, -0.2) is 9.97 Å². The second kappa shape index (κ2) is 22.8. The molecule has 0 saturated carbocycles. The van der Waals surface area contributed by atoms with E-state index in [4.69, 9.17) is 9.97 Å². The van der Waals surface area contributed by atoms with E-state index in [0.717, 1.165) is 167 Å². The molecule has 8 aromatic carbocycles. The molecule has 9 heterocycles. The number of aryl methyl sites for hydroxylation is 4. The Kier molecular flexibility index (Phi) is 13.8. The molecular weight excluding hydrogens is 1120 g/mol. The standard InChI is InChI=1S/C84H74N8/c1-5-9-45-89-73-25-17-13-21-57(73)61-49-53(29-41-77(61)89)81-65-33-35-67(85-65)82(54-30-42-78-62(50-54)58-22-14-18-26-74(58)90(78)46-10-6-2)69-37-39-71(87-69)84(56-32-44-80-64(52-56)60-24-16-20-28-76(60)92(80)48-12-8-4)72-40-38-70(88-72)83(68-36-34-66(81)86-68)55-31-43-79-63(51-55)59-23-15-19-27-75(59)91(79)47-11-7-3/h13-44,49-52,85,88H,5-12,45-48H2,1-4H3. The summed E-state index contributed by atoms with van der Waals surface area (Å²) >= 11 is 0. The third-order valence-electron chi connectivity index (χ3n) is 19.9. The molecule has 17 rings (SSSR count). The lowest BCUT2D eigenvalue weighted by molar-refractivity contribution is 0.665. The van der Waals surface area contributed by atoms with Crippen LogP contribution in [0, 0.1) is 0 Å². The molecule has 92 heavy (non-hydrogen) atoms. The molecule has 0 fully saturated rings. The first-order chi connectivity index (χ1) is 45.5. The van der Waals surface area contributed by atoms with Gasteiger partial charge < -0.3 is 28.2 Å². The molecule has 2 aliphatic heterocycles. The molecule has 0 aliphatic carbocycles. The van der Waals surface area contributed by atoms with Gasteiger partial charge in [-0.3, -0.25) is 0 Å². The summed E-state index contributed by atoms with van der Waals surface area (Å²) < 4.78 is 10.1. The van der Waals surface area contributed by atoms with Crippen molar-refractivity contribution in [1.29, 1.82) is 0 Å². The summed E-state index contributed by atoms with van der Waals surface area (Å²) in [4.78, 5) is 20.0. The van der Waals surface area contributed by atoms with E-state index < -0.39 is 0 Å². The first-order valence-electron chi connectivity index (χ1n) is 33.7. The Morgan fingerprint density at radius 3 is 0.728 bits per heavy atom. The first kappa shape index (κ1) is 55.6. The zero-order valence-corrected chi connectivity index (χ0v) is 53.0. The van der Waals surface area contributed by atoms with Crippen LogP contribution in [0.2, 0.25) is 0 Å². The average Bonchev–Trinajstić information content (AvgIpc) is 1.70. The molecule has 7 aromatic heterocycles. The molecule has 2 aliphatic rings. The number of nitrogens with one attached hydrogen (secondary N) is 2. The van der Waals surface area contributed by atoms with Crippen LogP contribution in [0.3, 0.4) is 0 Å². The van der Waals surface area contributed by atoms with Crippen molar-refractivity contribution >= 4 is 134 Å². The Balaban J connectivity index is 0.990. The molecule has 0 amide bonds. The predicted molar refractivity (Wildman–Crippen MR) is 392 cm³/mol. The van der Waals surface area contributed by atoms with Gasteiger partial charge in [0.25, 0.3) is 0 Å².